The van der Waals surface area contributed by atoms with E-state index in [1.807, 2.05) is 5.32 Å². The van der Waals surface area contributed by atoms with Gasteiger partial charge in [0, 0.05) is 12.1 Å². The standard InChI is InChI=1S/C33H41ClF6N6O5/c1-30(2,3)51-29(48)43-22(14-31(4,5)33(38,39)40)23-16-46-26(42-23)13-21(27(34)45-46)24(18-49-20-11-12-20)41-15-25(32(35,36)37)44-28(47)50-17-19-9-7-6-8-10-19/h6-10,13,16,20,22,24-25,41H,11-12,14-15,17-18H2,1-5H3,(H,43,48)(H,44,47)/t22-,24+,25-/m0/s1. The van der Waals surface area contributed by atoms with Crippen LogP contribution in [0.3, 0.4) is 0 Å². The van der Waals surface area contributed by atoms with Gasteiger partial charge in [-0.05, 0) is 51.7 Å². The van der Waals surface area contributed by atoms with Gasteiger partial charge < -0.3 is 30.2 Å². The summed E-state index contributed by atoms with van der Waals surface area (Å²) in [4.78, 5) is 29.4. The molecule has 11 nitrogen and oxygen atoms in total. The Hall–Kier alpha value is -3.83. The Kier molecular flexibility index (Phi) is 12.4. The number of nitrogens with zero attached hydrogens (tertiary/aromatic N) is 3. The zero-order valence-electron chi connectivity index (χ0n) is 28.6. The van der Waals surface area contributed by atoms with Gasteiger partial charge in [0.25, 0.3) is 0 Å². The van der Waals surface area contributed by atoms with Gasteiger partial charge in [0.15, 0.2) is 10.8 Å². The highest BCUT2D eigenvalue weighted by Gasteiger charge is 2.49. The molecule has 0 spiro atoms. The number of fused-ring (bicyclic) bond motifs is 1. The first kappa shape index (κ1) is 39.9. The molecular weight excluding hydrogens is 710 g/mol. The second-order valence-corrected chi connectivity index (χ2v) is 14.3. The molecule has 3 aromatic rings. The van der Waals surface area contributed by atoms with Crippen LogP contribution in [-0.2, 0) is 20.8 Å². The van der Waals surface area contributed by atoms with E-state index in [4.69, 9.17) is 25.8 Å². The second-order valence-electron chi connectivity index (χ2n) is 13.9. The highest BCUT2D eigenvalue weighted by molar-refractivity contribution is 6.30. The summed E-state index contributed by atoms with van der Waals surface area (Å²) < 4.78 is 101. The van der Waals surface area contributed by atoms with Crippen molar-refractivity contribution in [2.24, 2.45) is 5.41 Å². The van der Waals surface area contributed by atoms with Crippen LogP contribution in [0.15, 0.2) is 42.6 Å². The van der Waals surface area contributed by atoms with E-state index in [2.05, 4.69) is 20.7 Å². The van der Waals surface area contributed by atoms with E-state index < -0.39 is 66.6 Å². The van der Waals surface area contributed by atoms with Gasteiger partial charge in [-0.15, -0.1) is 0 Å². The van der Waals surface area contributed by atoms with Crippen molar-refractivity contribution in [3.05, 3.63) is 64.6 Å². The SMILES string of the molecule is CC(C)(C)OC(=O)N[C@@H](CC(C)(C)C(F)(F)F)c1cn2nc(Cl)c([C@@H](COC3CC3)NC[C@H](NC(=O)OCc3ccccc3)C(F)(F)F)cc2n1. The number of aromatic nitrogens is 3. The van der Waals surface area contributed by atoms with Gasteiger partial charge in [-0.25, -0.2) is 19.1 Å². The first-order chi connectivity index (χ1) is 23.6. The van der Waals surface area contributed by atoms with E-state index in [-0.39, 0.29) is 41.4 Å². The average Bonchev–Trinajstić information content (AvgIpc) is 3.74. The van der Waals surface area contributed by atoms with E-state index in [9.17, 15) is 35.9 Å². The zero-order chi connectivity index (χ0) is 37.8. The Morgan fingerprint density at radius 3 is 2.24 bits per heavy atom. The normalized spacial score (nSPS) is 16.0. The number of halogens is 7. The molecule has 3 N–H and O–H groups in total. The van der Waals surface area contributed by atoms with E-state index in [1.54, 1.807) is 51.1 Å². The fourth-order valence-electron chi connectivity index (χ4n) is 4.79. The van der Waals surface area contributed by atoms with Crippen molar-refractivity contribution in [2.75, 3.05) is 13.2 Å². The summed E-state index contributed by atoms with van der Waals surface area (Å²) in [5.41, 5.74) is -2.34. The van der Waals surface area contributed by atoms with Crippen molar-refractivity contribution in [2.45, 2.75) is 103 Å². The number of imidazole rings is 1. The maximum atomic E-state index is 14.1. The predicted molar refractivity (Wildman–Crippen MR) is 174 cm³/mol. The number of hydrogen-bond acceptors (Lipinski definition) is 8. The lowest BCUT2D eigenvalue weighted by atomic mass is 9.84. The second kappa shape index (κ2) is 15.8. The number of amides is 2. The fraction of sp³-hybridized carbons (Fsp3) is 0.576. The number of ether oxygens (including phenoxy) is 3. The molecule has 2 aromatic heterocycles. The van der Waals surface area contributed by atoms with Crippen LogP contribution in [0.5, 0.6) is 0 Å². The van der Waals surface area contributed by atoms with Crippen LogP contribution in [0.25, 0.3) is 5.65 Å². The molecule has 51 heavy (non-hydrogen) atoms. The molecule has 2 amide bonds. The van der Waals surface area contributed by atoms with Crippen LogP contribution < -0.4 is 16.0 Å². The number of nitrogens with one attached hydrogen (secondary N) is 3. The number of alkyl carbamates (subject to hydrolysis) is 2. The maximum Gasteiger partial charge on any atom is 0.409 e. The third-order valence-electron chi connectivity index (χ3n) is 7.85. The number of carbonyl (C=O) groups is 2. The van der Waals surface area contributed by atoms with E-state index in [0.29, 0.717) is 5.56 Å². The molecule has 0 unspecified atom stereocenters. The summed E-state index contributed by atoms with van der Waals surface area (Å²) in [5, 5.41) is 11.2. The minimum Gasteiger partial charge on any atom is -0.445 e. The minimum atomic E-state index is -4.87. The highest BCUT2D eigenvalue weighted by Crippen LogP contribution is 2.44. The monoisotopic (exact) mass is 750 g/mol. The summed E-state index contributed by atoms with van der Waals surface area (Å²) in [6, 6.07) is 5.21. The van der Waals surface area contributed by atoms with Crippen molar-refractivity contribution < 1.29 is 50.1 Å². The Labute approximate surface area is 295 Å². The third-order valence-corrected chi connectivity index (χ3v) is 8.14. The van der Waals surface area contributed by atoms with Gasteiger partial charge in [-0.2, -0.15) is 31.4 Å². The van der Waals surface area contributed by atoms with E-state index in [1.165, 1.54) is 16.8 Å². The van der Waals surface area contributed by atoms with Crippen LogP contribution in [-0.4, -0.2) is 70.0 Å². The molecule has 1 fully saturated rings. The quantitative estimate of drug-likeness (QED) is 0.144. The summed E-state index contributed by atoms with van der Waals surface area (Å²) >= 11 is 6.52. The maximum absolute atomic E-state index is 14.1. The summed E-state index contributed by atoms with van der Waals surface area (Å²) in [7, 11) is 0. The molecular formula is C33H41ClF6N6O5. The summed E-state index contributed by atoms with van der Waals surface area (Å²) in [6.07, 6.45) is -9.61. The molecule has 0 radical (unpaired) electrons. The number of benzene rings is 1. The number of carbonyl (C=O) groups excluding carboxylic acids is 2. The Bertz CT molecular complexity index is 1640. The molecule has 1 aliphatic rings. The number of rotatable bonds is 14. The van der Waals surface area contributed by atoms with Gasteiger partial charge in [-0.1, -0.05) is 55.8 Å². The fourth-order valence-corrected chi connectivity index (χ4v) is 5.06. The summed E-state index contributed by atoms with van der Waals surface area (Å²) in [6.45, 7) is 5.60. The topological polar surface area (TPSA) is 128 Å². The number of alkyl halides is 6. The molecule has 0 aliphatic heterocycles. The zero-order valence-corrected chi connectivity index (χ0v) is 29.4. The lowest BCUT2D eigenvalue weighted by Crippen LogP contribution is -2.52. The van der Waals surface area contributed by atoms with Gasteiger partial charge in [0.2, 0.25) is 0 Å². The average molecular weight is 751 g/mol. The van der Waals surface area contributed by atoms with Gasteiger partial charge in [-0.3, -0.25) is 0 Å². The molecule has 282 valence electrons. The van der Waals surface area contributed by atoms with Crippen LogP contribution >= 0.6 is 11.6 Å². The first-order valence-corrected chi connectivity index (χ1v) is 16.5. The Morgan fingerprint density at radius 1 is 0.980 bits per heavy atom. The Balaban J connectivity index is 1.58. The van der Waals surface area contributed by atoms with Crippen molar-refractivity contribution in [3.8, 4) is 0 Å². The summed E-state index contributed by atoms with van der Waals surface area (Å²) in [5.74, 6) is 0. The number of hydrogen-bond donors (Lipinski definition) is 3. The molecule has 1 aromatic carbocycles. The van der Waals surface area contributed by atoms with E-state index >= 15 is 0 Å². The van der Waals surface area contributed by atoms with Crippen molar-refractivity contribution in [1.82, 2.24) is 30.5 Å². The largest absolute Gasteiger partial charge is 0.445 e. The Morgan fingerprint density at radius 2 is 1.65 bits per heavy atom. The van der Waals surface area contributed by atoms with Crippen LogP contribution in [0.1, 0.15) is 82.8 Å². The lowest BCUT2D eigenvalue weighted by Gasteiger charge is -2.32. The molecule has 1 saturated carbocycles. The molecule has 1 aliphatic carbocycles. The van der Waals surface area contributed by atoms with Gasteiger partial charge >= 0.3 is 24.5 Å². The smallest absolute Gasteiger partial charge is 0.409 e. The third kappa shape index (κ3) is 11.9. The van der Waals surface area contributed by atoms with E-state index in [0.717, 1.165) is 26.7 Å². The molecule has 4 rings (SSSR count). The molecule has 3 atom stereocenters. The van der Waals surface area contributed by atoms with Gasteiger partial charge in [0.05, 0.1) is 42.1 Å². The highest BCUT2D eigenvalue weighted by atomic mass is 35.5. The van der Waals surface area contributed by atoms with Crippen LogP contribution in [0, 0.1) is 5.41 Å². The minimum absolute atomic E-state index is 0.00740. The van der Waals surface area contributed by atoms with Crippen LogP contribution in [0.4, 0.5) is 35.9 Å². The lowest BCUT2D eigenvalue weighted by molar-refractivity contribution is -0.215. The first-order valence-electron chi connectivity index (χ1n) is 16.1. The van der Waals surface area contributed by atoms with Crippen molar-refractivity contribution >= 4 is 29.4 Å². The van der Waals surface area contributed by atoms with Crippen molar-refractivity contribution in [1.29, 1.82) is 0 Å². The predicted octanol–water partition coefficient (Wildman–Crippen LogP) is 7.59. The molecule has 18 heteroatoms. The van der Waals surface area contributed by atoms with Gasteiger partial charge in [0.1, 0.15) is 18.2 Å². The molecule has 0 saturated heterocycles. The molecule has 0 bridgehead atoms. The molecule has 2 heterocycles. The van der Waals surface area contributed by atoms with Crippen LogP contribution in [0.2, 0.25) is 5.15 Å². The van der Waals surface area contributed by atoms with Crippen molar-refractivity contribution in [3.63, 3.8) is 0 Å².